The number of hydrogen-bond donors (Lipinski definition) is 4. The van der Waals surface area contributed by atoms with Crippen molar-refractivity contribution in [3.05, 3.63) is 28.2 Å². The lowest BCUT2D eigenvalue weighted by molar-refractivity contribution is -0.0555. The number of aliphatic hydroxyl groups excluding tert-OH is 3. The highest BCUT2D eigenvalue weighted by Gasteiger charge is 2.43. The largest absolute Gasteiger partial charge is 0.399 e. The molecule has 2 heterocycles. The topological polar surface area (TPSA) is 173 Å². The second-order valence-corrected chi connectivity index (χ2v) is 6.40. The molecule has 0 radical (unpaired) electrons. The molecule has 0 bridgehead atoms. The van der Waals surface area contributed by atoms with E-state index in [2.05, 4.69) is 8.37 Å². The zero-order chi connectivity index (χ0) is 19.4. The van der Waals surface area contributed by atoms with Crippen LogP contribution in [0.1, 0.15) is 6.23 Å². The fraction of sp³-hybridized carbons (Fsp3) is 0.667. The molecule has 4 N–H and O–H groups in total. The molecule has 25 heavy (non-hydrogen) atoms. The van der Waals surface area contributed by atoms with Gasteiger partial charge in [-0.15, -0.1) is 0 Å². The minimum absolute atomic E-state index is 0.0167. The Morgan fingerprint density at radius 2 is 1.84 bits per heavy atom. The zero-order valence-electron chi connectivity index (χ0n) is 13.8. The number of rotatable bonds is 4. The summed E-state index contributed by atoms with van der Waals surface area (Å²) >= 11 is 0. The monoisotopic (exact) mass is 383 g/mol. The first-order valence-electron chi connectivity index (χ1n) is 6.91. The third-order valence-electron chi connectivity index (χ3n) is 3.46. The van der Waals surface area contributed by atoms with Gasteiger partial charge in [-0.05, 0) is 6.07 Å². The Labute approximate surface area is 143 Å². The lowest BCUT2D eigenvalue weighted by atomic mass is 10.1. The van der Waals surface area contributed by atoms with Gasteiger partial charge in [-0.2, -0.15) is 8.42 Å². The van der Waals surface area contributed by atoms with Gasteiger partial charge in [-0.3, -0.25) is 22.9 Å². The third kappa shape index (κ3) is 4.94. The van der Waals surface area contributed by atoms with E-state index in [-0.39, 0.29) is 5.49 Å². The lowest BCUT2D eigenvalue weighted by Gasteiger charge is -2.18. The first-order chi connectivity index (χ1) is 11.6. The summed E-state index contributed by atoms with van der Waals surface area (Å²) in [4.78, 5) is 11.9. The molecular formula is C12H21N3O9S. The van der Waals surface area contributed by atoms with Crippen LogP contribution in [-0.4, -0.2) is 72.0 Å². The Morgan fingerprint density at radius 1 is 1.28 bits per heavy atom. The van der Waals surface area contributed by atoms with Crippen LogP contribution in [0.25, 0.3) is 0 Å². The van der Waals surface area contributed by atoms with E-state index >= 15 is 0 Å². The maximum absolute atomic E-state index is 11.9. The fourth-order valence-electron chi connectivity index (χ4n) is 1.97. The van der Waals surface area contributed by atoms with E-state index < -0.39 is 47.2 Å². The van der Waals surface area contributed by atoms with Crippen molar-refractivity contribution in [2.45, 2.75) is 24.5 Å². The fourth-order valence-corrected chi connectivity index (χ4v) is 2.11. The molecule has 1 aliphatic heterocycles. The quantitative estimate of drug-likeness (QED) is 0.417. The highest BCUT2D eigenvalue weighted by atomic mass is 32.3. The maximum atomic E-state index is 11.9. The molecule has 0 saturated carbocycles. The highest BCUT2D eigenvalue weighted by Crippen LogP contribution is 2.27. The molecule has 1 aromatic rings. The Kier molecular flexibility index (Phi) is 7.43. The van der Waals surface area contributed by atoms with Gasteiger partial charge in [-0.1, -0.05) is 0 Å². The van der Waals surface area contributed by atoms with Gasteiger partial charge in [-0.25, -0.2) is 4.79 Å². The smallest absolute Gasteiger partial charge is 0.394 e. The van der Waals surface area contributed by atoms with Crippen LogP contribution in [0.15, 0.2) is 17.1 Å². The van der Waals surface area contributed by atoms with Gasteiger partial charge in [0.2, 0.25) is 0 Å². The molecule has 1 aromatic heterocycles. The van der Waals surface area contributed by atoms with E-state index in [0.717, 1.165) is 23.4 Å². The number of hydrogen-bond acceptors (Lipinski definition) is 10. The molecule has 13 heteroatoms. The number of aromatic nitrogens is 2. The molecule has 1 aliphatic rings. The Bertz CT molecular complexity index is 778. The molecule has 0 amide bonds. The molecular weight excluding hydrogens is 362 g/mol. The van der Waals surface area contributed by atoms with Gasteiger partial charge < -0.3 is 20.1 Å². The van der Waals surface area contributed by atoms with E-state index in [1.165, 1.54) is 19.3 Å². The average molecular weight is 383 g/mol. The van der Waals surface area contributed by atoms with Crippen LogP contribution in [0.2, 0.25) is 0 Å². The second kappa shape index (κ2) is 8.66. The first-order valence-corrected chi connectivity index (χ1v) is 8.24. The summed E-state index contributed by atoms with van der Waals surface area (Å²) in [6.45, 7) is -0.452. The number of nitrogens with one attached hydrogen (secondary N) is 1. The van der Waals surface area contributed by atoms with Crippen LogP contribution in [0.5, 0.6) is 0 Å². The van der Waals surface area contributed by atoms with Gasteiger partial charge in [0, 0.05) is 13.2 Å². The van der Waals surface area contributed by atoms with E-state index in [1.807, 2.05) is 0 Å². The molecule has 1 fully saturated rings. The lowest BCUT2D eigenvalue weighted by Crippen LogP contribution is -2.41. The molecule has 144 valence electrons. The van der Waals surface area contributed by atoms with Crippen LogP contribution in [0.3, 0.4) is 0 Å². The zero-order valence-corrected chi connectivity index (χ0v) is 14.6. The standard InChI is InChI=1S/C10H15N3O5.C2H6O4S/c1-12-6(11)2-3-13(10(12)17)9-8(16)7(15)5(4-14)18-9;1-5-7(3,4)6-2/h2-3,5,7-9,11,14-16H,4H2,1H3;1-2H3. The van der Waals surface area contributed by atoms with E-state index in [1.54, 1.807) is 0 Å². The summed E-state index contributed by atoms with van der Waals surface area (Å²) in [6, 6.07) is 1.37. The number of ether oxygens (including phenoxy) is 1. The van der Waals surface area contributed by atoms with Crippen LogP contribution in [-0.2, 0) is 30.5 Å². The summed E-state index contributed by atoms with van der Waals surface area (Å²) in [5.41, 5.74) is -0.527. The number of nitrogens with zero attached hydrogens (tertiary/aromatic N) is 2. The average Bonchev–Trinajstić information content (AvgIpc) is 2.88. The Morgan fingerprint density at radius 3 is 2.24 bits per heavy atom. The minimum atomic E-state index is -3.66. The van der Waals surface area contributed by atoms with Crippen molar-refractivity contribution in [1.82, 2.24) is 9.13 Å². The van der Waals surface area contributed by atoms with Crippen molar-refractivity contribution < 1.29 is 36.8 Å². The Hall–Kier alpha value is -1.61. The van der Waals surface area contributed by atoms with E-state index in [9.17, 15) is 23.4 Å². The third-order valence-corrected chi connectivity index (χ3v) is 4.28. The number of aliphatic hydroxyl groups is 3. The first kappa shape index (κ1) is 21.4. The minimum Gasteiger partial charge on any atom is -0.394 e. The van der Waals surface area contributed by atoms with Gasteiger partial charge in [0.15, 0.2) is 6.23 Å². The molecule has 12 nitrogen and oxygen atoms in total. The van der Waals surface area contributed by atoms with Gasteiger partial charge in [0.1, 0.15) is 23.8 Å². The summed E-state index contributed by atoms with van der Waals surface area (Å²) in [6.07, 6.45) is -3.26. The van der Waals surface area contributed by atoms with Gasteiger partial charge in [0.25, 0.3) is 0 Å². The summed E-state index contributed by atoms with van der Waals surface area (Å²) < 4.78 is 34.9. The van der Waals surface area contributed by atoms with Crippen molar-refractivity contribution in [3.63, 3.8) is 0 Å². The van der Waals surface area contributed by atoms with E-state index in [0.29, 0.717) is 0 Å². The van der Waals surface area contributed by atoms with Crippen LogP contribution in [0, 0.1) is 5.41 Å². The SMILES string of the molecule is COS(=O)(=O)OC.Cn1c(=N)ccn(C2OC(CO)C(O)C2O)c1=O. The maximum Gasteiger partial charge on any atom is 0.399 e. The highest BCUT2D eigenvalue weighted by molar-refractivity contribution is 7.81. The summed E-state index contributed by atoms with van der Waals surface area (Å²) in [7, 11) is -0.185. The molecule has 1 saturated heterocycles. The van der Waals surface area contributed by atoms with Gasteiger partial charge >= 0.3 is 16.1 Å². The van der Waals surface area contributed by atoms with Gasteiger partial charge in [0.05, 0.1) is 20.8 Å². The van der Waals surface area contributed by atoms with Crippen molar-refractivity contribution >= 4 is 10.4 Å². The normalized spacial score (nSPS) is 26.2. The molecule has 0 aliphatic carbocycles. The van der Waals surface area contributed by atoms with Crippen molar-refractivity contribution in [3.8, 4) is 0 Å². The van der Waals surface area contributed by atoms with Crippen molar-refractivity contribution in [2.75, 3.05) is 20.8 Å². The van der Waals surface area contributed by atoms with Crippen LogP contribution >= 0.6 is 0 Å². The van der Waals surface area contributed by atoms with Crippen molar-refractivity contribution in [2.24, 2.45) is 7.05 Å². The molecule has 4 unspecified atom stereocenters. The van der Waals surface area contributed by atoms with Crippen LogP contribution < -0.4 is 11.2 Å². The Balaban J connectivity index is 0.000000381. The molecule has 2 rings (SSSR count). The summed E-state index contributed by atoms with van der Waals surface area (Å²) in [5, 5.41) is 35.8. The van der Waals surface area contributed by atoms with Crippen LogP contribution in [0.4, 0.5) is 0 Å². The predicted octanol–water partition coefficient (Wildman–Crippen LogP) is -3.20. The predicted molar refractivity (Wildman–Crippen MR) is 81.5 cm³/mol. The molecule has 0 spiro atoms. The summed E-state index contributed by atoms with van der Waals surface area (Å²) in [5.74, 6) is 0. The second-order valence-electron chi connectivity index (χ2n) is 4.92. The molecule has 0 aromatic carbocycles. The molecule has 4 atom stereocenters. The van der Waals surface area contributed by atoms with E-state index in [4.69, 9.17) is 15.3 Å². The van der Waals surface area contributed by atoms with Crippen molar-refractivity contribution in [1.29, 1.82) is 5.41 Å².